The number of hydrogen-bond donors (Lipinski definition) is 3. The molecule has 3 N–H and O–H groups in total. The second-order valence-electron chi connectivity index (χ2n) is 4.30. The zero-order valence-corrected chi connectivity index (χ0v) is 9.98. The van der Waals surface area contributed by atoms with Crippen molar-refractivity contribution >= 4 is 11.8 Å². The van der Waals surface area contributed by atoms with Crippen LogP contribution in [0.2, 0.25) is 0 Å². The van der Waals surface area contributed by atoms with Gasteiger partial charge in [-0.05, 0) is 18.1 Å². The van der Waals surface area contributed by atoms with Crippen molar-refractivity contribution in [1.29, 1.82) is 0 Å². The second kappa shape index (κ2) is 6.06. The molecule has 1 saturated heterocycles. The minimum atomic E-state index is -1.09. The Morgan fingerprint density at radius 1 is 1.27 bits per heavy atom. The van der Waals surface area contributed by atoms with Crippen molar-refractivity contribution in [3.63, 3.8) is 0 Å². The van der Waals surface area contributed by atoms with Gasteiger partial charge in [-0.25, -0.2) is 0 Å². The molecule has 1 fully saturated rings. The zero-order valence-electron chi connectivity index (χ0n) is 9.17. The number of aliphatic hydroxyl groups is 3. The van der Waals surface area contributed by atoms with Crippen LogP contribution in [-0.4, -0.2) is 51.4 Å². The van der Waals surface area contributed by atoms with Crippen molar-refractivity contribution in [1.82, 2.24) is 0 Å². The summed E-state index contributed by atoms with van der Waals surface area (Å²) in [6.45, 7) is 4.37. The highest BCUT2D eigenvalue weighted by atomic mass is 32.2. The number of ether oxygens (including phenoxy) is 1. The van der Waals surface area contributed by atoms with E-state index in [2.05, 4.69) is 13.8 Å². The van der Waals surface area contributed by atoms with E-state index in [0.717, 1.165) is 12.2 Å². The minimum absolute atomic E-state index is 0.0948. The third-order valence-corrected chi connectivity index (χ3v) is 3.65. The molecule has 0 aromatic heterocycles. The zero-order chi connectivity index (χ0) is 11.4. The standard InChI is InChI=1S/C10H20O4S/c1-6(2)3-4-15-10-9(13)8(12)7(11)5-14-10/h6-13H,3-5H2,1-2H3/t7-,8+,9-,10+/m1/s1. The van der Waals surface area contributed by atoms with Gasteiger partial charge in [0, 0.05) is 0 Å². The maximum Gasteiger partial charge on any atom is 0.131 e. The maximum absolute atomic E-state index is 9.62. The summed E-state index contributed by atoms with van der Waals surface area (Å²) in [7, 11) is 0. The van der Waals surface area contributed by atoms with Crippen LogP contribution >= 0.6 is 11.8 Å². The third-order valence-electron chi connectivity index (χ3n) is 2.43. The van der Waals surface area contributed by atoms with Crippen molar-refractivity contribution in [3.05, 3.63) is 0 Å². The molecule has 4 nitrogen and oxygen atoms in total. The molecule has 0 aromatic carbocycles. The summed E-state index contributed by atoms with van der Waals surface area (Å²) >= 11 is 1.50. The summed E-state index contributed by atoms with van der Waals surface area (Å²) in [6.07, 6.45) is -2.00. The fourth-order valence-corrected chi connectivity index (χ4v) is 2.72. The van der Waals surface area contributed by atoms with Crippen molar-refractivity contribution in [2.24, 2.45) is 5.92 Å². The lowest BCUT2D eigenvalue weighted by Crippen LogP contribution is -2.51. The maximum atomic E-state index is 9.62. The highest BCUT2D eigenvalue weighted by Gasteiger charge is 2.37. The molecule has 0 aromatic rings. The molecule has 0 saturated carbocycles. The van der Waals surface area contributed by atoms with Gasteiger partial charge in [-0.1, -0.05) is 13.8 Å². The van der Waals surface area contributed by atoms with Gasteiger partial charge in [-0.15, -0.1) is 11.8 Å². The summed E-state index contributed by atoms with van der Waals surface area (Å²) < 4.78 is 5.26. The molecule has 90 valence electrons. The Bertz CT molecular complexity index is 188. The summed E-state index contributed by atoms with van der Waals surface area (Å²) in [4.78, 5) is 0. The lowest BCUT2D eigenvalue weighted by molar-refractivity contribution is -0.161. The van der Waals surface area contributed by atoms with Gasteiger partial charge in [0.2, 0.25) is 0 Å². The predicted octanol–water partition coefficient (Wildman–Crippen LogP) is 0.205. The second-order valence-corrected chi connectivity index (χ2v) is 5.51. The van der Waals surface area contributed by atoms with Crippen molar-refractivity contribution in [2.45, 2.75) is 44.0 Å². The van der Waals surface area contributed by atoms with Crippen LogP contribution < -0.4 is 0 Å². The van der Waals surface area contributed by atoms with Crippen LogP contribution in [0.25, 0.3) is 0 Å². The van der Waals surface area contributed by atoms with Gasteiger partial charge >= 0.3 is 0 Å². The molecular formula is C10H20O4S. The smallest absolute Gasteiger partial charge is 0.131 e. The highest BCUT2D eigenvalue weighted by Crippen LogP contribution is 2.25. The van der Waals surface area contributed by atoms with Gasteiger partial charge in [0.15, 0.2) is 0 Å². The Hall–Kier alpha value is 0.190. The van der Waals surface area contributed by atoms with Crippen LogP contribution in [0.3, 0.4) is 0 Å². The Labute approximate surface area is 94.6 Å². The number of rotatable bonds is 4. The van der Waals surface area contributed by atoms with Gasteiger partial charge < -0.3 is 20.1 Å². The largest absolute Gasteiger partial charge is 0.388 e. The first-order valence-corrected chi connectivity index (χ1v) is 6.34. The summed E-state index contributed by atoms with van der Waals surface area (Å²) in [5.41, 5.74) is -0.415. The van der Waals surface area contributed by atoms with E-state index in [1.165, 1.54) is 11.8 Å². The minimum Gasteiger partial charge on any atom is -0.388 e. The van der Waals surface area contributed by atoms with Gasteiger partial charge in [0.1, 0.15) is 23.7 Å². The van der Waals surface area contributed by atoms with Crippen LogP contribution in [-0.2, 0) is 4.74 Å². The number of aliphatic hydroxyl groups excluding tert-OH is 3. The third kappa shape index (κ3) is 3.92. The summed E-state index contributed by atoms with van der Waals surface area (Å²) in [5, 5.41) is 28.3. The molecule has 0 radical (unpaired) electrons. The van der Waals surface area contributed by atoms with Crippen LogP contribution in [0.15, 0.2) is 0 Å². The van der Waals surface area contributed by atoms with Crippen molar-refractivity contribution in [3.8, 4) is 0 Å². The van der Waals surface area contributed by atoms with E-state index < -0.39 is 23.7 Å². The van der Waals surface area contributed by atoms with E-state index in [-0.39, 0.29) is 6.61 Å². The van der Waals surface area contributed by atoms with Gasteiger partial charge in [-0.2, -0.15) is 0 Å². The van der Waals surface area contributed by atoms with E-state index >= 15 is 0 Å². The number of hydrogen-bond acceptors (Lipinski definition) is 5. The molecule has 1 rings (SSSR count). The Morgan fingerprint density at radius 3 is 2.53 bits per heavy atom. The van der Waals surface area contributed by atoms with Crippen LogP contribution in [0.4, 0.5) is 0 Å². The van der Waals surface area contributed by atoms with Gasteiger partial charge in [-0.3, -0.25) is 0 Å². The Balaban J connectivity index is 2.30. The first-order valence-electron chi connectivity index (χ1n) is 5.29. The molecule has 0 unspecified atom stereocenters. The van der Waals surface area contributed by atoms with Crippen molar-refractivity contribution < 1.29 is 20.1 Å². The molecule has 0 amide bonds. The molecule has 5 heteroatoms. The quantitative estimate of drug-likeness (QED) is 0.651. The van der Waals surface area contributed by atoms with Gasteiger partial charge in [0.25, 0.3) is 0 Å². The molecule has 1 aliphatic rings. The first kappa shape index (κ1) is 13.3. The predicted molar refractivity (Wildman–Crippen MR) is 59.7 cm³/mol. The molecule has 0 bridgehead atoms. The molecule has 0 aliphatic carbocycles. The van der Waals surface area contributed by atoms with Crippen LogP contribution in [0.5, 0.6) is 0 Å². The normalized spacial score (nSPS) is 37.2. The molecule has 1 aliphatic heterocycles. The monoisotopic (exact) mass is 236 g/mol. The van der Waals surface area contributed by atoms with E-state index in [4.69, 9.17) is 4.74 Å². The topological polar surface area (TPSA) is 69.9 Å². The van der Waals surface area contributed by atoms with Crippen LogP contribution in [0.1, 0.15) is 20.3 Å². The average molecular weight is 236 g/mol. The molecular weight excluding hydrogens is 216 g/mol. The fourth-order valence-electron chi connectivity index (χ4n) is 1.35. The van der Waals surface area contributed by atoms with E-state index in [9.17, 15) is 15.3 Å². The van der Waals surface area contributed by atoms with Gasteiger partial charge in [0.05, 0.1) is 6.61 Å². The SMILES string of the molecule is CC(C)CCS[C@@H]1OC[C@@H](O)[C@H](O)[C@H]1O. The lowest BCUT2D eigenvalue weighted by Gasteiger charge is -2.34. The molecule has 1 heterocycles. The van der Waals surface area contributed by atoms with Crippen LogP contribution in [0, 0.1) is 5.92 Å². The lowest BCUT2D eigenvalue weighted by atomic mass is 10.1. The summed E-state index contributed by atoms with van der Waals surface area (Å²) in [5.74, 6) is 1.51. The molecule has 0 spiro atoms. The molecule has 15 heavy (non-hydrogen) atoms. The van der Waals surface area contributed by atoms with E-state index in [0.29, 0.717) is 5.92 Å². The van der Waals surface area contributed by atoms with E-state index in [1.54, 1.807) is 0 Å². The fraction of sp³-hybridized carbons (Fsp3) is 1.00. The molecule has 4 atom stereocenters. The van der Waals surface area contributed by atoms with E-state index in [1.807, 2.05) is 0 Å². The highest BCUT2D eigenvalue weighted by molar-refractivity contribution is 7.99. The average Bonchev–Trinajstić information content (AvgIpc) is 2.18. The first-order chi connectivity index (χ1) is 7.02. The Kier molecular flexibility index (Phi) is 5.35. The van der Waals surface area contributed by atoms with Crippen molar-refractivity contribution in [2.75, 3.05) is 12.4 Å². The number of thioether (sulfide) groups is 1. The summed E-state index contributed by atoms with van der Waals surface area (Å²) in [6, 6.07) is 0. The Morgan fingerprint density at radius 2 is 1.93 bits per heavy atom.